The molecule has 0 saturated heterocycles. The van der Waals surface area contributed by atoms with Gasteiger partial charge in [-0.2, -0.15) is 13.2 Å². The molecule has 21 heavy (non-hydrogen) atoms. The van der Waals surface area contributed by atoms with E-state index in [2.05, 4.69) is 4.74 Å². The fraction of sp³-hybridized carbons (Fsp3) is 0.364. The van der Waals surface area contributed by atoms with E-state index in [-0.39, 0.29) is 13.2 Å². The highest BCUT2D eigenvalue weighted by atomic mass is 32.2. The van der Waals surface area contributed by atoms with Crippen LogP contribution in [-0.2, 0) is 25.7 Å². The van der Waals surface area contributed by atoms with Crippen molar-refractivity contribution in [2.45, 2.75) is 11.1 Å². The molecule has 0 fully saturated rings. The summed E-state index contributed by atoms with van der Waals surface area (Å²) < 4.78 is 68.3. The summed E-state index contributed by atoms with van der Waals surface area (Å²) in [6.07, 6.45) is -4.80. The number of sulfonamides is 1. The predicted octanol–water partition coefficient (Wildman–Crippen LogP) is 1.08. The summed E-state index contributed by atoms with van der Waals surface area (Å²) in [5.74, 6) is -1.24. The molecule has 10 heteroatoms. The van der Waals surface area contributed by atoms with E-state index in [1.54, 1.807) is 0 Å². The van der Waals surface area contributed by atoms with Crippen LogP contribution < -0.4 is 4.72 Å². The molecule has 0 aliphatic heterocycles. The number of carbonyl (C=O) groups is 1. The third kappa shape index (κ3) is 5.33. The van der Waals surface area contributed by atoms with Gasteiger partial charge in [-0.15, -0.1) is 0 Å². The Morgan fingerprint density at radius 2 is 1.90 bits per heavy atom. The van der Waals surface area contributed by atoms with Crippen LogP contribution in [0.2, 0.25) is 0 Å². The quantitative estimate of drug-likeness (QED) is 0.731. The van der Waals surface area contributed by atoms with Crippen LogP contribution in [0, 0.1) is 0 Å². The van der Waals surface area contributed by atoms with Crippen molar-refractivity contribution in [1.29, 1.82) is 0 Å². The molecular formula is C11H12F3NO5S. The zero-order valence-electron chi connectivity index (χ0n) is 10.6. The van der Waals surface area contributed by atoms with E-state index in [4.69, 9.17) is 5.11 Å². The Bertz CT molecular complexity index is 600. The number of halogens is 3. The molecule has 0 saturated carbocycles. The Kier molecular flexibility index (Phi) is 5.70. The van der Waals surface area contributed by atoms with Gasteiger partial charge in [0.05, 0.1) is 17.1 Å². The van der Waals surface area contributed by atoms with E-state index in [1.807, 2.05) is 4.72 Å². The number of aliphatic carboxylic acids is 1. The van der Waals surface area contributed by atoms with Crippen molar-refractivity contribution < 1.29 is 36.2 Å². The Labute approximate surface area is 118 Å². The molecule has 6 nitrogen and oxygen atoms in total. The maximum Gasteiger partial charge on any atom is 0.417 e. The van der Waals surface area contributed by atoms with Gasteiger partial charge in [0.1, 0.15) is 6.61 Å². The zero-order chi connectivity index (χ0) is 16.1. The Morgan fingerprint density at radius 1 is 1.29 bits per heavy atom. The molecule has 0 spiro atoms. The van der Waals surface area contributed by atoms with Gasteiger partial charge in [-0.25, -0.2) is 17.9 Å². The first-order valence-electron chi connectivity index (χ1n) is 5.60. The Morgan fingerprint density at radius 3 is 2.48 bits per heavy atom. The van der Waals surface area contributed by atoms with Crippen LogP contribution in [0.4, 0.5) is 13.2 Å². The highest BCUT2D eigenvalue weighted by molar-refractivity contribution is 7.89. The van der Waals surface area contributed by atoms with E-state index in [0.717, 1.165) is 12.1 Å². The lowest BCUT2D eigenvalue weighted by atomic mass is 10.2. The monoisotopic (exact) mass is 327 g/mol. The fourth-order valence-corrected chi connectivity index (χ4v) is 2.66. The van der Waals surface area contributed by atoms with Crippen LogP contribution in [0.1, 0.15) is 5.56 Å². The molecule has 0 aliphatic rings. The van der Waals surface area contributed by atoms with Crippen LogP contribution in [0.15, 0.2) is 29.2 Å². The number of alkyl halides is 3. The van der Waals surface area contributed by atoms with Gasteiger partial charge in [-0.3, -0.25) is 0 Å². The minimum Gasteiger partial charge on any atom is -0.480 e. The summed E-state index contributed by atoms with van der Waals surface area (Å²) in [6.45, 7) is -1.25. The number of hydrogen-bond donors (Lipinski definition) is 2. The highest BCUT2D eigenvalue weighted by Gasteiger charge is 2.36. The third-order valence-electron chi connectivity index (χ3n) is 2.25. The molecule has 0 amide bonds. The standard InChI is InChI=1S/C11H12F3NO5S/c12-11(13,14)8-3-1-2-4-9(8)21(18,19)15-5-6-20-7-10(16)17/h1-4,15H,5-7H2,(H,16,17). The molecule has 118 valence electrons. The summed E-state index contributed by atoms with van der Waals surface area (Å²) in [4.78, 5) is 9.25. The molecule has 1 aromatic carbocycles. The first-order valence-corrected chi connectivity index (χ1v) is 7.08. The van der Waals surface area contributed by atoms with E-state index in [0.29, 0.717) is 6.07 Å². The van der Waals surface area contributed by atoms with Crippen molar-refractivity contribution in [3.05, 3.63) is 29.8 Å². The first-order chi connectivity index (χ1) is 9.64. The van der Waals surface area contributed by atoms with Crippen LogP contribution in [0.5, 0.6) is 0 Å². The minimum absolute atomic E-state index is 0.278. The third-order valence-corrected chi connectivity index (χ3v) is 3.77. The van der Waals surface area contributed by atoms with E-state index < -0.39 is 39.2 Å². The summed E-state index contributed by atoms with van der Waals surface area (Å²) in [5.41, 5.74) is -1.27. The maximum atomic E-state index is 12.7. The van der Waals surface area contributed by atoms with Gasteiger partial charge in [0.25, 0.3) is 0 Å². The van der Waals surface area contributed by atoms with E-state index in [1.165, 1.54) is 6.07 Å². The number of rotatable bonds is 7. The number of carboxylic acids is 1. The van der Waals surface area contributed by atoms with Crippen molar-refractivity contribution in [3.63, 3.8) is 0 Å². The Hall–Kier alpha value is -1.65. The SMILES string of the molecule is O=C(O)COCCNS(=O)(=O)c1ccccc1C(F)(F)F. The number of hydrogen-bond acceptors (Lipinski definition) is 4. The lowest BCUT2D eigenvalue weighted by Gasteiger charge is -2.13. The van der Waals surface area contributed by atoms with Crippen molar-refractivity contribution in [3.8, 4) is 0 Å². The molecule has 0 unspecified atom stereocenters. The highest BCUT2D eigenvalue weighted by Crippen LogP contribution is 2.33. The summed E-state index contributed by atoms with van der Waals surface area (Å²) in [6, 6.07) is 3.75. The van der Waals surface area contributed by atoms with Gasteiger partial charge in [0.15, 0.2) is 0 Å². The molecule has 0 aromatic heterocycles. The van der Waals surface area contributed by atoms with Crippen LogP contribution in [-0.4, -0.2) is 39.3 Å². The predicted molar refractivity (Wildman–Crippen MR) is 65.1 cm³/mol. The van der Waals surface area contributed by atoms with Gasteiger partial charge >= 0.3 is 12.1 Å². The molecule has 1 aromatic rings. The van der Waals surface area contributed by atoms with Crippen molar-refractivity contribution in [2.75, 3.05) is 19.8 Å². The average molecular weight is 327 g/mol. The fourth-order valence-electron chi connectivity index (χ4n) is 1.42. The number of nitrogens with one attached hydrogen (secondary N) is 1. The second-order valence-corrected chi connectivity index (χ2v) is 5.57. The molecule has 2 N–H and O–H groups in total. The molecule has 0 aliphatic carbocycles. The lowest BCUT2D eigenvalue weighted by molar-refractivity contribution is -0.142. The van der Waals surface area contributed by atoms with Crippen LogP contribution in [0.25, 0.3) is 0 Å². The molecule has 0 heterocycles. The van der Waals surface area contributed by atoms with Gasteiger partial charge in [-0.05, 0) is 12.1 Å². The molecule has 0 atom stereocenters. The van der Waals surface area contributed by atoms with Crippen molar-refractivity contribution >= 4 is 16.0 Å². The van der Waals surface area contributed by atoms with Crippen LogP contribution in [0.3, 0.4) is 0 Å². The topological polar surface area (TPSA) is 92.7 Å². The normalized spacial score (nSPS) is 12.3. The molecule has 0 radical (unpaired) electrons. The van der Waals surface area contributed by atoms with Gasteiger partial charge in [0, 0.05) is 6.54 Å². The zero-order valence-corrected chi connectivity index (χ0v) is 11.4. The summed E-state index contributed by atoms with van der Waals surface area (Å²) >= 11 is 0. The molecular weight excluding hydrogens is 315 g/mol. The van der Waals surface area contributed by atoms with Gasteiger partial charge < -0.3 is 9.84 Å². The van der Waals surface area contributed by atoms with Crippen molar-refractivity contribution in [2.24, 2.45) is 0 Å². The van der Waals surface area contributed by atoms with Crippen molar-refractivity contribution in [1.82, 2.24) is 4.72 Å². The largest absolute Gasteiger partial charge is 0.480 e. The molecule has 1 rings (SSSR count). The number of benzene rings is 1. The van der Waals surface area contributed by atoms with Crippen LogP contribution >= 0.6 is 0 Å². The summed E-state index contributed by atoms with van der Waals surface area (Å²) in [7, 11) is -4.37. The molecule has 0 bridgehead atoms. The maximum absolute atomic E-state index is 12.7. The second kappa shape index (κ2) is 6.87. The number of carboxylic acid groups (broad SMARTS) is 1. The lowest BCUT2D eigenvalue weighted by Crippen LogP contribution is -2.29. The van der Waals surface area contributed by atoms with E-state index in [9.17, 15) is 26.4 Å². The van der Waals surface area contributed by atoms with Gasteiger partial charge in [-0.1, -0.05) is 12.1 Å². The number of ether oxygens (including phenoxy) is 1. The first kappa shape index (κ1) is 17.4. The smallest absolute Gasteiger partial charge is 0.417 e. The second-order valence-electron chi connectivity index (χ2n) is 3.84. The summed E-state index contributed by atoms with van der Waals surface area (Å²) in [5, 5.41) is 8.29. The average Bonchev–Trinajstić information content (AvgIpc) is 2.37. The van der Waals surface area contributed by atoms with E-state index >= 15 is 0 Å². The Balaban J connectivity index is 2.78. The minimum atomic E-state index is -4.80. The van der Waals surface area contributed by atoms with Gasteiger partial charge in [0.2, 0.25) is 10.0 Å².